The molecule has 1 aliphatic heterocycles. The highest BCUT2D eigenvalue weighted by Crippen LogP contribution is 2.32. The largest absolute Gasteiger partial charge is 0.393 e. The van der Waals surface area contributed by atoms with E-state index in [4.69, 9.17) is 0 Å². The predicted molar refractivity (Wildman–Crippen MR) is 94.9 cm³/mol. The number of carbonyl (C=O) groups excluding carboxylic acids is 1. The number of halogens is 3. The molecule has 0 N–H and O–H groups in total. The summed E-state index contributed by atoms with van der Waals surface area (Å²) in [5, 5.41) is 0. The maximum atomic E-state index is 12.7. The molecule has 2 nitrogen and oxygen atoms in total. The van der Waals surface area contributed by atoms with Crippen LogP contribution in [0.4, 0.5) is 18.9 Å². The lowest BCUT2D eigenvalue weighted by Gasteiger charge is -2.23. The van der Waals surface area contributed by atoms with Crippen molar-refractivity contribution in [2.45, 2.75) is 24.8 Å². The Kier molecular flexibility index (Phi) is 5.37. The van der Waals surface area contributed by atoms with Gasteiger partial charge in [-0.25, -0.2) is 0 Å². The van der Waals surface area contributed by atoms with Gasteiger partial charge < -0.3 is 4.90 Å². The molecule has 1 amide bonds. The second-order valence-electron chi connectivity index (χ2n) is 6.02. The Bertz CT molecular complexity index is 746. The van der Waals surface area contributed by atoms with E-state index in [9.17, 15) is 18.0 Å². The Morgan fingerprint density at radius 2 is 1.84 bits per heavy atom. The molecule has 0 saturated carbocycles. The van der Waals surface area contributed by atoms with Gasteiger partial charge in [0, 0.05) is 23.7 Å². The first-order chi connectivity index (χ1) is 11.9. The lowest BCUT2D eigenvalue weighted by atomic mass is 10.0. The van der Waals surface area contributed by atoms with Crippen LogP contribution in [0.2, 0.25) is 0 Å². The lowest BCUT2D eigenvalue weighted by molar-refractivity contribution is -0.127. The molecule has 0 radical (unpaired) electrons. The fourth-order valence-corrected chi connectivity index (χ4v) is 3.85. The molecule has 0 fully saturated rings. The van der Waals surface area contributed by atoms with E-state index in [1.165, 1.54) is 6.07 Å². The molecule has 25 heavy (non-hydrogen) atoms. The second-order valence-corrected chi connectivity index (χ2v) is 7.12. The van der Waals surface area contributed by atoms with E-state index in [-0.39, 0.29) is 17.9 Å². The maximum absolute atomic E-state index is 12.7. The fraction of sp³-hybridized carbons (Fsp3) is 0.316. The summed E-state index contributed by atoms with van der Waals surface area (Å²) in [6, 6.07) is 14.2. The number of carbonyl (C=O) groups is 1. The van der Waals surface area contributed by atoms with Crippen molar-refractivity contribution < 1.29 is 18.0 Å². The standard InChI is InChI=1S/C19H18F3NOS/c20-19(21,22)12-15-6-7-17-16(10-15)13-25-9-8-23(17)18(24)11-14-4-2-1-3-5-14/h1-7,10H,8-9,11-13H2. The smallest absolute Gasteiger partial charge is 0.311 e. The average Bonchev–Trinajstić information content (AvgIpc) is 2.76. The van der Waals surface area contributed by atoms with Crippen molar-refractivity contribution in [1.29, 1.82) is 0 Å². The van der Waals surface area contributed by atoms with Crippen LogP contribution < -0.4 is 4.90 Å². The number of rotatable bonds is 3. The SMILES string of the molecule is O=C(Cc1ccccc1)N1CCSCc2cc(CC(F)(F)F)ccc21. The summed E-state index contributed by atoms with van der Waals surface area (Å²) in [6.07, 6.45) is -4.88. The van der Waals surface area contributed by atoms with Gasteiger partial charge >= 0.3 is 6.18 Å². The molecule has 0 bridgehead atoms. The highest BCUT2D eigenvalue weighted by Gasteiger charge is 2.29. The van der Waals surface area contributed by atoms with Gasteiger partial charge in [-0.1, -0.05) is 42.5 Å². The van der Waals surface area contributed by atoms with E-state index in [2.05, 4.69) is 0 Å². The third-order valence-electron chi connectivity index (χ3n) is 4.06. The van der Waals surface area contributed by atoms with Gasteiger partial charge in [-0.3, -0.25) is 4.79 Å². The second kappa shape index (κ2) is 7.52. The molecule has 6 heteroatoms. The summed E-state index contributed by atoms with van der Waals surface area (Å²) in [5.41, 5.74) is 2.70. The van der Waals surface area contributed by atoms with Crippen molar-refractivity contribution in [1.82, 2.24) is 0 Å². The molecule has 0 spiro atoms. The van der Waals surface area contributed by atoms with Gasteiger partial charge in [0.25, 0.3) is 0 Å². The van der Waals surface area contributed by atoms with Gasteiger partial charge in [-0.05, 0) is 22.8 Å². The van der Waals surface area contributed by atoms with Crippen molar-refractivity contribution in [3.8, 4) is 0 Å². The van der Waals surface area contributed by atoms with Crippen LogP contribution in [-0.4, -0.2) is 24.4 Å². The summed E-state index contributed by atoms with van der Waals surface area (Å²) in [6.45, 7) is 0.571. The van der Waals surface area contributed by atoms with Gasteiger partial charge in [-0.2, -0.15) is 24.9 Å². The minimum absolute atomic E-state index is 0.0291. The Hall–Kier alpha value is -1.95. The molecule has 0 unspecified atom stereocenters. The number of amides is 1. The zero-order valence-electron chi connectivity index (χ0n) is 13.6. The van der Waals surface area contributed by atoms with Gasteiger partial charge in [0.15, 0.2) is 0 Å². The van der Waals surface area contributed by atoms with E-state index in [1.807, 2.05) is 30.3 Å². The van der Waals surface area contributed by atoms with Crippen LogP contribution in [0.25, 0.3) is 0 Å². The molecule has 132 valence electrons. The van der Waals surface area contributed by atoms with Crippen LogP contribution in [0, 0.1) is 0 Å². The third-order valence-corrected chi connectivity index (χ3v) is 5.04. The minimum atomic E-state index is -4.23. The van der Waals surface area contributed by atoms with Crippen LogP contribution in [-0.2, 0) is 23.4 Å². The molecule has 0 saturated heterocycles. The number of fused-ring (bicyclic) bond motifs is 1. The molecular weight excluding hydrogens is 347 g/mol. The molecule has 1 aliphatic rings. The number of anilines is 1. The molecule has 1 heterocycles. The van der Waals surface area contributed by atoms with Crippen LogP contribution in [0.15, 0.2) is 48.5 Å². The molecule has 0 atom stereocenters. The van der Waals surface area contributed by atoms with Gasteiger partial charge in [-0.15, -0.1) is 0 Å². The van der Waals surface area contributed by atoms with E-state index in [0.717, 1.165) is 22.6 Å². The number of alkyl halides is 3. The Labute approximate surface area is 149 Å². The molecular formula is C19H18F3NOS. The molecule has 2 aromatic carbocycles. The van der Waals surface area contributed by atoms with Gasteiger partial charge in [0.05, 0.1) is 12.8 Å². The van der Waals surface area contributed by atoms with Crippen LogP contribution in [0.3, 0.4) is 0 Å². The number of benzene rings is 2. The summed E-state index contributed by atoms with van der Waals surface area (Å²) in [5.74, 6) is 1.36. The first kappa shape index (κ1) is 17.9. The van der Waals surface area contributed by atoms with Crippen LogP contribution >= 0.6 is 11.8 Å². The normalized spacial score (nSPS) is 14.8. The lowest BCUT2D eigenvalue weighted by Crippen LogP contribution is -2.34. The number of nitrogens with zero attached hydrogens (tertiary/aromatic N) is 1. The van der Waals surface area contributed by atoms with Crippen molar-refractivity contribution in [2.24, 2.45) is 0 Å². The summed E-state index contributed by atoms with van der Waals surface area (Å²) < 4.78 is 37.9. The average molecular weight is 365 g/mol. The fourth-order valence-electron chi connectivity index (χ4n) is 2.94. The van der Waals surface area contributed by atoms with Crippen molar-refractivity contribution >= 4 is 23.4 Å². The highest BCUT2D eigenvalue weighted by atomic mass is 32.2. The first-order valence-electron chi connectivity index (χ1n) is 8.03. The predicted octanol–water partition coefficient (Wildman–Crippen LogP) is 4.61. The number of hydrogen-bond acceptors (Lipinski definition) is 2. The molecule has 0 aromatic heterocycles. The van der Waals surface area contributed by atoms with Crippen molar-refractivity contribution in [3.05, 3.63) is 65.2 Å². The van der Waals surface area contributed by atoms with E-state index >= 15 is 0 Å². The molecule has 3 rings (SSSR count). The summed E-state index contributed by atoms with van der Waals surface area (Å²) in [4.78, 5) is 14.4. The number of hydrogen-bond donors (Lipinski definition) is 0. The highest BCUT2D eigenvalue weighted by molar-refractivity contribution is 7.98. The zero-order chi connectivity index (χ0) is 17.9. The Morgan fingerprint density at radius 1 is 1.08 bits per heavy atom. The summed E-state index contributed by atoms with van der Waals surface area (Å²) in [7, 11) is 0. The topological polar surface area (TPSA) is 20.3 Å². The molecule has 2 aromatic rings. The van der Waals surface area contributed by atoms with E-state index < -0.39 is 12.6 Å². The van der Waals surface area contributed by atoms with Crippen molar-refractivity contribution in [2.75, 3.05) is 17.2 Å². The third kappa shape index (κ3) is 4.78. The monoisotopic (exact) mass is 365 g/mol. The quantitative estimate of drug-likeness (QED) is 0.791. The number of thioether (sulfide) groups is 1. The molecule has 0 aliphatic carbocycles. The maximum Gasteiger partial charge on any atom is 0.393 e. The van der Waals surface area contributed by atoms with Crippen LogP contribution in [0.5, 0.6) is 0 Å². The van der Waals surface area contributed by atoms with E-state index in [1.54, 1.807) is 28.8 Å². The van der Waals surface area contributed by atoms with Crippen molar-refractivity contribution in [3.63, 3.8) is 0 Å². The minimum Gasteiger partial charge on any atom is -0.311 e. The zero-order valence-corrected chi connectivity index (χ0v) is 14.4. The van der Waals surface area contributed by atoms with Gasteiger partial charge in [0.1, 0.15) is 0 Å². The Balaban J connectivity index is 1.84. The summed E-state index contributed by atoms with van der Waals surface area (Å²) >= 11 is 1.64. The van der Waals surface area contributed by atoms with E-state index in [0.29, 0.717) is 12.3 Å². The van der Waals surface area contributed by atoms with Gasteiger partial charge in [0.2, 0.25) is 5.91 Å². The Morgan fingerprint density at radius 3 is 2.56 bits per heavy atom. The first-order valence-corrected chi connectivity index (χ1v) is 9.18. The van der Waals surface area contributed by atoms with Crippen LogP contribution in [0.1, 0.15) is 16.7 Å².